The number of hydrogen-bond donors (Lipinski definition) is 0. The highest BCUT2D eigenvalue weighted by atomic mass is 35.5. The summed E-state index contributed by atoms with van der Waals surface area (Å²) in [5.74, 6) is 0. The van der Waals surface area contributed by atoms with Crippen LogP contribution in [0.15, 0.2) is 36.4 Å². The summed E-state index contributed by atoms with van der Waals surface area (Å²) in [7, 11) is 0. The van der Waals surface area contributed by atoms with E-state index in [4.69, 9.17) is 11.6 Å². The Morgan fingerprint density at radius 1 is 1.19 bits per heavy atom. The van der Waals surface area contributed by atoms with Crippen molar-refractivity contribution in [3.8, 4) is 0 Å². The van der Waals surface area contributed by atoms with Gasteiger partial charge >= 0.3 is 0 Å². The summed E-state index contributed by atoms with van der Waals surface area (Å²) in [5, 5.41) is 10.7. The first-order valence-corrected chi connectivity index (χ1v) is 8.03. The second-order valence-electron chi connectivity index (χ2n) is 5.27. The molecule has 21 heavy (non-hydrogen) atoms. The predicted octanol–water partition coefficient (Wildman–Crippen LogP) is 4.47. The van der Waals surface area contributed by atoms with Crippen LogP contribution in [0.3, 0.4) is 0 Å². The van der Waals surface area contributed by atoms with E-state index in [1.807, 2.05) is 18.2 Å². The van der Waals surface area contributed by atoms with Crippen LogP contribution in [0.5, 0.6) is 0 Å². The molecule has 0 aliphatic heterocycles. The number of non-ortho nitro benzene ring substituents is 1. The Morgan fingerprint density at radius 3 is 2.43 bits per heavy atom. The highest BCUT2D eigenvalue weighted by Gasteiger charge is 2.29. The zero-order valence-corrected chi connectivity index (χ0v) is 12.9. The molecule has 1 fully saturated rings. The van der Waals surface area contributed by atoms with Crippen LogP contribution in [0.4, 0.5) is 5.69 Å². The molecule has 2 aromatic rings. The van der Waals surface area contributed by atoms with Crippen molar-refractivity contribution in [3.05, 3.63) is 61.3 Å². The van der Waals surface area contributed by atoms with Crippen molar-refractivity contribution in [1.29, 1.82) is 0 Å². The maximum absolute atomic E-state index is 10.7. The average molecular weight is 323 g/mol. The van der Waals surface area contributed by atoms with E-state index in [0.29, 0.717) is 6.04 Å². The van der Waals surface area contributed by atoms with E-state index in [9.17, 15) is 10.1 Å². The zero-order chi connectivity index (χ0) is 14.8. The van der Waals surface area contributed by atoms with E-state index in [0.717, 1.165) is 23.0 Å². The number of halogens is 1. The molecule has 0 atom stereocenters. The number of thiophene rings is 1. The Balaban J connectivity index is 1.68. The highest BCUT2D eigenvalue weighted by Crippen LogP contribution is 2.32. The molecule has 4 nitrogen and oxygen atoms in total. The zero-order valence-electron chi connectivity index (χ0n) is 11.4. The molecule has 1 aromatic carbocycles. The third-order valence-electron chi connectivity index (χ3n) is 3.58. The van der Waals surface area contributed by atoms with E-state index in [1.54, 1.807) is 23.5 Å². The molecule has 0 bridgehead atoms. The Bertz CT molecular complexity index is 637. The van der Waals surface area contributed by atoms with Crippen molar-refractivity contribution >= 4 is 28.6 Å². The van der Waals surface area contributed by atoms with Gasteiger partial charge in [0.15, 0.2) is 0 Å². The fourth-order valence-electron chi connectivity index (χ4n) is 2.35. The van der Waals surface area contributed by atoms with Crippen LogP contribution in [-0.4, -0.2) is 15.9 Å². The largest absolute Gasteiger partial charge is 0.291 e. The molecule has 3 rings (SSSR count). The highest BCUT2D eigenvalue weighted by molar-refractivity contribution is 7.16. The Morgan fingerprint density at radius 2 is 1.90 bits per heavy atom. The quantitative estimate of drug-likeness (QED) is 0.582. The minimum atomic E-state index is -0.365. The van der Waals surface area contributed by atoms with Crippen LogP contribution in [-0.2, 0) is 13.1 Å². The molecule has 1 heterocycles. The second-order valence-corrected chi connectivity index (χ2v) is 7.07. The maximum Gasteiger partial charge on any atom is 0.269 e. The van der Waals surface area contributed by atoms with Gasteiger partial charge in [0.1, 0.15) is 0 Å². The summed E-state index contributed by atoms with van der Waals surface area (Å²) in [6.07, 6.45) is 2.46. The number of benzene rings is 1. The van der Waals surface area contributed by atoms with E-state index >= 15 is 0 Å². The van der Waals surface area contributed by atoms with Crippen molar-refractivity contribution in [1.82, 2.24) is 4.90 Å². The maximum atomic E-state index is 10.7. The van der Waals surface area contributed by atoms with Gasteiger partial charge < -0.3 is 0 Å². The van der Waals surface area contributed by atoms with E-state index in [-0.39, 0.29) is 10.6 Å². The van der Waals surface area contributed by atoms with E-state index in [2.05, 4.69) is 11.0 Å². The summed E-state index contributed by atoms with van der Waals surface area (Å²) in [5.41, 5.74) is 1.25. The van der Waals surface area contributed by atoms with E-state index in [1.165, 1.54) is 17.7 Å². The smallest absolute Gasteiger partial charge is 0.269 e. The van der Waals surface area contributed by atoms with Crippen LogP contribution < -0.4 is 0 Å². The molecule has 0 saturated heterocycles. The van der Waals surface area contributed by atoms with Crippen molar-refractivity contribution in [3.63, 3.8) is 0 Å². The van der Waals surface area contributed by atoms with Gasteiger partial charge in [-0.1, -0.05) is 23.7 Å². The SMILES string of the molecule is O=[N+]([O-])c1ccc(CN(Cc2ccc(Cl)s2)C2CC2)cc1. The summed E-state index contributed by atoms with van der Waals surface area (Å²) < 4.78 is 0.816. The standard InChI is InChI=1S/C15H15ClN2O2S/c16-15-8-7-14(21-15)10-17(12-5-6-12)9-11-1-3-13(4-2-11)18(19)20/h1-4,7-8,12H,5-6,9-10H2. The molecule has 6 heteroatoms. The van der Waals surface area contributed by atoms with Crippen LogP contribution in [0.25, 0.3) is 0 Å². The van der Waals surface area contributed by atoms with Gasteiger partial charge in [-0.3, -0.25) is 15.0 Å². The first kappa shape index (κ1) is 14.5. The molecule has 110 valence electrons. The van der Waals surface area contributed by atoms with Crippen molar-refractivity contribution in [2.24, 2.45) is 0 Å². The van der Waals surface area contributed by atoms with Crippen LogP contribution >= 0.6 is 22.9 Å². The summed E-state index contributed by atoms with van der Waals surface area (Å²) in [6.45, 7) is 1.71. The molecule has 1 aliphatic carbocycles. The number of nitrogens with zero attached hydrogens (tertiary/aromatic N) is 2. The number of nitro groups is 1. The molecule has 1 aromatic heterocycles. The first-order chi connectivity index (χ1) is 10.1. The number of hydrogen-bond acceptors (Lipinski definition) is 4. The third kappa shape index (κ3) is 3.81. The molecule has 0 unspecified atom stereocenters. The average Bonchev–Trinajstić information content (AvgIpc) is 3.23. The lowest BCUT2D eigenvalue weighted by molar-refractivity contribution is -0.384. The topological polar surface area (TPSA) is 46.4 Å². The van der Waals surface area contributed by atoms with Gasteiger partial charge in [-0.15, -0.1) is 11.3 Å². The minimum absolute atomic E-state index is 0.141. The fraction of sp³-hybridized carbons (Fsp3) is 0.333. The normalized spacial score (nSPS) is 14.6. The molecular formula is C15H15ClN2O2S. The molecule has 0 amide bonds. The third-order valence-corrected chi connectivity index (χ3v) is 4.80. The van der Waals surface area contributed by atoms with E-state index < -0.39 is 0 Å². The first-order valence-electron chi connectivity index (χ1n) is 6.83. The Labute approximate surface area is 132 Å². The van der Waals surface area contributed by atoms with Crippen molar-refractivity contribution < 1.29 is 4.92 Å². The Hall–Kier alpha value is -1.43. The van der Waals surface area contributed by atoms with Gasteiger partial charge in [0.25, 0.3) is 5.69 Å². The van der Waals surface area contributed by atoms with Gasteiger partial charge in [0.2, 0.25) is 0 Å². The summed E-state index contributed by atoms with van der Waals surface area (Å²) >= 11 is 7.60. The van der Waals surface area contributed by atoms with Crippen LogP contribution in [0.2, 0.25) is 4.34 Å². The molecule has 0 radical (unpaired) electrons. The molecule has 0 spiro atoms. The lowest BCUT2D eigenvalue weighted by Crippen LogP contribution is -2.24. The Kier molecular flexibility index (Phi) is 4.24. The molecular weight excluding hydrogens is 308 g/mol. The lowest BCUT2D eigenvalue weighted by atomic mass is 10.2. The predicted molar refractivity (Wildman–Crippen MR) is 84.7 cm³/mol. The van der Waals surface area contributed by atoms with Crippen LogP contribution in [0, 0.1) is 10.1 Å². The van der Waals surface area contributed by atoms with Gasteiger partial charge in [0, 0.05) is 36.1 Å². The van der Waals surface area contributed by atoms with Gasteiger partial charge in [-0.2, -0.15) is 0 Å². The second kappa shape index (κ2) is 6.13. The lowest BCUT2D eigenvalue weighted by Gasteiger charge is -2.21. The monoisotopic (exact) mass is 322 g/mol. The van der Waals surface area contributed by atoms with Gasteiger partial charge in [0.05, 0.1) is 9.26 Å². The fourth-order valence-corrected chi connectivity index (χ4v) is 3.46. The van der Waals surface area contributed by atoms with Crippen molar-refractivity contribution in [2.75, 3.05) is 0 Å². The van der Waals surface area contributed by atoms with Gasteiger partial charge in [-0.25, -0.2) is 0 Å². The van der Waals surface area contributed by atoms with Crippen molar-refractivity contribution in [2.45, 2.75) is 32.0 Å². The van der Waals surface area contributed by atoms with Crippen LogP contribution in [0.1, 0.15) is 23.3 Å². The molecule has 1 aliphatic rings. The number of rotatable bonds is 6. The summed E-state index contributed by atoms with van der Waals surface area (Å²) in [4.78, 5) is 14.0. The molecule has 0 N–H and O–H groups in total. The van der Waals surface area contributed by atoms with Gasteiger partial charge in [-0.05, 0) is 30.5 Å². The summed E-state index contributed by atoms with van der Waals surface area (Å²) in [6, 6.07) is 11.5. The minimum Gasteiger partial charge on any atom is -0.291 e. The number of nitro benzene ring substituents is 1. The molecule has 1 saturated carbocycles.